The smallest absolute Gasteiger partial charge is 0.324 e. The van der Waals surface area contributed by atoms with Crippen molar-refractivity contribution < 1.29 is 18.4 Å². The number of benzene rings is 1. The second-order valence-electron chi connectivity index (χ2n) is 5.58. The molecule has 122 valence electrons. The van der Waals surface area contributed by atoms with E-state index >= 15 is 0 Å². The highest BCUT2D eigenvalue weighted by Gasteiger charge is 2.41. The van der Waals surface area contributed by atoms with Crippen molar-refractivity contribution in [2.45, 2.75) is 31.2 Å². The molecule has 2 heterocycles. The molecule has 1 aromatic carbocycles. The van der Waals surface area contributed by atoms with Crippen molar-refractivity contribution in [2.24, 2.45) is 0 Å². The Morgan fingerprint density at radius 2 is 2.17 bits per heavy atom. The molecule has 3 rings (SSSR count). The van der Waals surface area contributed by atoms with Gasteiger partial charge in [-0.3, -0.25) is 9.59 Å². The predicted molar refractivity (Wildman–Crippen MR) is 79.2 cm³/mol. The quantitative estimate of drug-likeness (QED) is 0.802. The molecule has 0 spiro atoms. The number of alkyl halides is 2. The fourth-order valence-electron chi connectivity index (χ4n) is 2.56. The van der Waals surface area contributed by atoms with Crippen LogP contribution in [0.5, 0.6) is 0 Å². The van der Waals surface area contributed by atoms with Crippen LogP contribution in [0.1, 0.15) is 29.9 Å². The molecule has 1 aliphatic heterocycles. The summed E-state index contributed by atoms with van der Waals surface area (Å²) < 4.78 is 26.6. The highest BCUT2D eigenvalue weighted by Crippen LogP contribution is 2.25. The van der Waals surface area contributed by atoms with Crippen molar-refractivity contribution in [2.75, 3.05) is 6.54 Å². The monoisotopic (exact) mass is 322 g/mol. The molecule has 3 N–H and O–H groups in total. The van der Waals surface area contributed by atoms with Gasteiger partial charge in [0.2, 0.25) is 0 Å². The average molecular weight is 322 g/mol. The van der Waals surface area contributed by atoms with E-state index in [1.807, 2.05) is 12.1 Å². The number of nitrogens with zero attached hydrogens (tertiary/aromatic N) is 1. The first kappa shape index (κ1) is 15.4. The number of amides is 2. The van der Waals surface area contributed by atoms with Crippen LogP contribution >= 0.6 is 0 Å². The van der Waals surface area contributed by atoms with Crippen LogP contribution in [0.2, 0.25) is 0 Å². The van der Waals surface area contributed by atoms with Gasteiger partial charge < -0.3 is 15.6 Å². The number of hydrogen-bond acceptors (Lipinski definition) is 3. The van der Waals surface area contributed by atoms with E-state index in [0.717, 1.165) is 5.52 Å². The molecule has 23 heavy (non-hydrogen) atoms. The SMILES string of the molecule is O=C(NCC1CCCC(F)(F)C(=O)N1)c1nc2ccccc2[nH]1. The first-order valence-electron chi connectivity index (χ1n) is 7.37. The first-order valence-corrected chi connectivity index (χ1v) is 7.37. The van der Waals surface area contributed by atoms with Crippen LogP contribution in [0.4, 0.5) is 8.78 Å². The van der Waals surface area contributed by atoms with E-state index in [2.05, 4.69) is 20.6 Å². The Hall–Kier alpha value is -2.51. The highest BCUT2D eigenvalue weighted by molar-refractivity contribution is 5.94. The Morgan fingerprint density at radius 1 is 1.39 bits per heavy atom. The third-order valence-corrected chi connectivity index (χ3v) is 3.82. The average Bonchev–Trinajstić information content (AvgIpc) is 2.90. The number of H-pyrrole nitrogens is 1. The van der Waals surface area contributed by atoms with Crippen LogP contribution in [-0.4, -0.2) is 40.3 Å². The molecule has 8 heteroatoms. The molecule has 0 radical (unpaired) electrons. The fraction of sp³-hybridized carbons (Fsp3) is 0.400. The topological polar surface area (TPSA) is 86.9 Å². The number of fused-ring (bicyclic) bond motifs is 1. The molecule has 1 fully saturated rings. The van der Waals surface area contributed by atoms with Crippen molar-refractivity contribution in [3.8, 4) is 0 Å². The number of para-hydroxylation sites is 2. The van der Waals surface area contributed by atoms with Gasteiger partial charge in [0.05, 0.1) is 11.0 Å². The maximum Gasteiger partial charge on any atom is 0.324 e. The van der Waals surface area contributed by atoms with Crippen molar-refractivity contribution in [3.63, 3.8) is 0 Å². The number of halogens is 2. The lowest BCUT2D eigenvalue weighted by Crippen LogP contribution is -2.47. The number of rotatable bonds is 3. The summed E-state index contributed by atoms with van der Waals surface area (Å²) in [4.78, 5) is 30.5. The van der Waals surface area contributed by atoms with E-state index < -0.39 is 30.2 Å². The maximum absolute atomic E-state index is 13.3. The summed E-state index contributed by atoms with van der Waals surface area (Å²) in [5.74, 6) is -4.90. The minimum Gasteiger partial charge on any atom is -0.347 e. The first-order chi connectivity index (χ1) is 11.0. The van der Waals surface area contributed by atoms with Gasteiger partial charge in [0.15, 0.2) is 5.82 Å². The Kier molecular flexibility index (Phi) is 3.97. The number of aromatic nitrogens is 2. The molecule has 0 saturated carbocycles. The Bertz CT molecular complexity index is 711. The molecule has 2 amide bonds. The van der Waals surface area contributed by atoms with Crippen LogP contribution in [0.15, 0.2) is 24.3 Å². The number of aromatic amines is 1. The standard InChI is InChI=1S/C15H16F2N4O2/c16-15(17)7-3-4-9(19-14(15)23)8-18-13(22)12-20-10-5-1-2-6-11(10)21-12/h1-2,5-6,9H,3-4,7-8H2,(H,18,22)(H,19,23)(H,20,21). The molecule has 1 aliphatic rings. The maximum atomic E-state index is 13.3. The second kappa shape index (κ2) is 5.94. The van der Waals surface area contributed by atoms with Crippen LogP contribution in [-0.2, 0) is 4.79 Å². The number of carbonyl (C=O) groups excluding carboxylic acids is 2. The lowest BCUT2D eigenvalue weighted by atomic mass is 10.1. The molecular formula is C15H16F2N4O2. The van der Waals surface area contributed by atoms with E-state index in [-0.39, 0.29) is 18.8 Å². The van der Waals surface area contributed by atoms with Gasteiger partial charge >= 0.3 is 5.92 Å². The Balaban J connectivity index is 1.61. The van der Waals surface area contributed by atoms with E-state index in [1.54, 1.807) is 12.1 Å². The van der Waals surface area contributed by atoms with Gasteiger partial charge in [0.1, 0.15) is 0 Å². The third-order valence-electron chi connectivity index (χ3n) is 3.82. The molecule has 1 aromatic heterocycles. The van der Waals surface area contributed by atoms with Crippen molar-refractivity contribution in [3.05, 3.63) is 30.1 Å². The molecule has 0 aliphatic carbocycles. The molecule has 2 aromatic rings. The van der Waals surface area contributed by atoms with Crippen molar-refractivity contribution >= 4 is 22.8 Å². The summed E-state index contributed by atoms with van der Waals surface area (Å²) in [5, 5.41) is 4.88. The fourth-order valence-corrected chi connectivity index (χ4v) is 2.56. The van der Waals surface area contributed by atoms with Crippen LogP contribution < -0.4 is 10.6 Å². The summed E-state index contributed by atoms with van der Waals surface area (Å²) in [6, 6.07) is 6.70. The Labute approximate surface area is 130 Å². The van der Waals surface area contributed by atoms with Crippen LogP contribution in [0, 0.1) is 0 Å². The molecule has 6 nitrogen and oxygen atoms in total. The second-order valence-corrected chi connectivity index (χ2v) is 5.58. The molecule has 0 bridgehead atoms. The number of imidazole rings is 1. The van der Waals surface area contributed by atoms with Crippen molar-refractivity contribution in [1.29, 1.82) is 0 Å². The molecular weight excluding hydrogens is 306 g/mol. The van der Waals surface area contributed by atoms with Gasteiger partial charge in [-0.2, -0.15) is 8.78 Å². The van der Waals surface area contributed by atoms with E-state index in [4.69, 9.17) is 0 Å². The van der Waals surface area contributed by atoms with E-state index in [1.165, 1.54) is 0 Å². The van der Waals surface area contributed by atoms with Gasteiger partial charge in [-0.1, -0.05) is 12.1 Å². The number of nitrogens with one attached hydrogen (secondary N) is 3. The summed E-state index contributed by atoms with van der Waals surface area (Å²) in [6.45, 7) is 0.0811. The zero-order valence-electron chi connectivity index (χ0n) is 12.2. The minimum atomic E-state index is -3.34. The summed E-state index contributed by atoms with van der Waals surface area (Å²) in [5.41, 5.74) is 1.40. The van der Waals surface area contributed by atoms with E-state index in [0.29, 0.717) is 11.9 Å². The van der Waals surface area contributed by atoms with Crippen LogP contribution in [0.3, 0.4) is 0 Å². The molecule has 1 unspecified atom stereocenters. The third kappa shape index (κ3) is 3.30. The summed E-state index contributed by atoms with van der Waals surface area (Å²) in [7, 11) is 0. The predicted octanol–water partition coefficient (Wildman–Crippen LogP) is 1.60. The van der Waals surface area contributed by atoms with Crippen molar-refractivity contribution in [1.82, 2.24) is 20.6 Å². The summed E-state index contributed by atoms with van der Waals surface area (Å²) in [6.07, 6.45) is 0.144. The molecule has 1 saturated heterocycles. The van der Waals surface area contributed by atoms with Gasteiger partial charge in [0.25, 0.3) is 11.8 Å². The van der Waals surface area contributed by atoms with Gasteiger partial charge in [-0.25, -0.2) is 4.98 Å². The normalized spacial score (nSPS) is 20.8. The lowest BCUT2D eigenvalue weighted by molar-refractivity contribution is -0.145. The number of carbonyl (C=O) groups is 2. The van der Waals surface area contributed by atoms with Gasteiger partial charge in [-0.15, -0.1) is 0 Å². The van der Waals surface area contributed by atoms with Crippen LogP contribution in [0.25, 0.3) is 11.0 Å². The van der Waals surface area contributed by atoms with E-state index in [9.17, 15) is 18.4 Å². The van der Waals surface area contributed by atoms with Gasteiger partial charge in [-0.05, 0) is 25.0 Å². The van der Waals surface area contributed by atoms with Gasteiger partial charge in [0, 0.05) is 19.0 Å². The lowest BCUT2D eigenvalue weighted by Gasteiger charge is -2.17. The minimum absolute atomic E-state index is 0.0811. The highest BCUT2D eigenvalue weighted by atomic mass is 19.3. The summed E-state index contributed by atoms with van der Waals surface area (Å²) >= 11 is 0. The number of hydrogen-bond donors (Lipinski definition) is 3. The zero-order chi connectivity index (χ0) is 16.4. The largest absolute Gasteiger partial charge is 0.347 e. The zero-order valence-corrected chi connectivity index (χ0v) is 12.2. The molecule has 1 atom stereocenters. The Morgan fingerprint density at radius 3 is 2.96 bits per heavy atom.